The van der Waals surface area contributed by atoms with Crippen molar-refractivity contribution in [3.63, 3.8) is 0 Å². The van der Waals surface area contributed by atoms with E-state index in [-0.39, 0.29) is 33.2 Å². The first-order chi connectivity index (χ1) is 15.4. The quantitative estimate of drug-likeness (QED) is 0.470. The lowest BCUT2D eigenvalue weighted by atomic mass is 10.1. The van der Waals surface area contributed by atoms with E-state index in [9.17, 15) is 18.0 Å². The van der Waals surface area contributed by atoms with Gasteiger partial charge >= 0.3 is 0 Å². The van der Waals surface area contributed by atoms with Crippen molar-refractivity contribution in [2.24, 2.45) is 0 Å². The predicted molar refractivity (Wildman–Crippen MR) is 114 cm³/mol. The van der Waals surface area contributed by atoms with Gasteiger partial charge in [-0.15, -0.1) is 0 Å². The van der Waals surface area contributed by atoms with Crippen molar-refractivity contribution in [2.45, 2.75) is 16.3 Å². The maximum atomic E-state index is 13.0. The number of hydrogen-bond donors (Lipinski definition) is 2. The minimum Gasteiger partial charge on any atom is -0.347 e. The van der Waals surface area contributed by atoms with Crippen molar-refractivity contribution in [1.82, 2.24) is 25.1 Å². The summed E-state index contributed by atoms with van der Waals surface area (Å²) in [7, 11) is -3.98. The summed E-state index contributed by atoms with van der Waals surface area (Å²) in [5.74, 6) is -1.00. The van der Waals surface area contributed by atoms with Crippen LogP contribution in [0.5, 0.6) is 0 Å². The molecular formula is C20H14N6O4S2. The van der Waals surface area contributed by atoms with Gasteiger partial charge in [0.2, 0.25) is 15.0 Å². The number of anilines is 1. The van der Waals surface area contributed by atoms with Gasteiger partial charge in [0, 0.05) is 41.4 Å². The average molecular weight is 467 g/mol. The number of nitrogens with one attached hydrogen (secondary N) is 2. The molecule has 0 aliphatic carbocycles. The van der Waals surface area contributed by atoms with Crippen molar-refractivity contribution in [3.8, 4) is 5.13 Å². The zero-order valence-electron chi connectivity index (χ0n) is 16.2. The SMILES string of the molecule is O=C(NCc1cnc(-n2cccn2)s1)c1ccc2c(c1)NC(=O)c1ccncc1S2(=O)=O. The van der Waals surface area contributed by atoms with E-state index in [1.54, 1.807) is 29.3 Å². The van der Waals surface area contributed by atoms with Crippen LogP contribution in [0.25, 0.3) is 5.13 Å². The highest BCUT2D eigenvalue weighted by Crippen LogP contribution is 2.33. The van der Waals surface area contributed by atoms with E-state index in [4.69, 9.17) is 0 Å². The number of carbonyl (C=O) groups excluding carboxylic acids is 2. The molecule has 0 fully saturated rings. The Kier molecular flexibility index (Phi) is 4.79. The standard InChI is InChI=1S/C20H14N6O4S2/c27-18(22-9-13-10-23-20(31-13)26-7-1-5-24-26)12-2-3-16-15(8-12)25-19(28)14-4-6-21-11-17(14)32(16,29)30/h1-8,10-11H,9H2,(H,22,27)(H,25,28). The molecule has 32 heavy (non-hydrogen) atoms. The average Bonchev–Trinajstić information content (AvgIpc) is 3.47. The first kappa shape index (κ1) is 20.0. The predicted octanol–water partition coefficient (Wildman–Crippen LogP) is 2.05. The number of amides is 2. The van der Waals surface area contributed by atoms with E-state index in [1.165, 1.54) is 41.8 Å². The molecule has 1 aromatic carbocycles. The van der Waals surface area contributed by atoms with Crippen LogP contribution in [0.2, 0.25) is 0 Å². The molecule has 160 valence electrons. The molecule has 4 aromatic rings. The number of hydrogen-bond acceptors (Lipinski definition) is 8. The Morgan fingerprint density at radius 1 is 1.16 bits per heavy atom. The van der Waals surface area contributed by atoms with Crippen LogP contribution in [0.3, 0.4) is 0 Å². The molecule has 0 bridgehead atoms. The van der Waals surface area contributed by atoms with Crippen molar-refractivity contribution in [3.05, 3.63) is 77.3 Å². The first-order valence-corrected chi connectivity index (χ1v) is 11.6. The minimum atomic E-state index is -3.98. The number of carbonyl (C=O) groups is 2. The molecule has 2 amide bonds. The fourth-order valence-electron chi connectivity index (χ4n) is 3.23. The second-order valence-electron chi connectivity index (χ2n) is 6.78. The molecule has 0 atom stereocenters. The maximum absolute atomic E-state index is 13.0. The summed E-state index contributed by atoms with van der Waals surface area (Å²) in [6, 6.07) is 7.19. The Labute approximate surface area is 185 Å². The van der Waals surface area contributed by atoms with Gasteiger partial charge < -0.3 is 10.6 Å². The molecule has 0 spiro atoms. The van der Waals surface area contributed by atoms with Crippen LogP contribution in [0.15, 0.2) is 71.1 Å². The van der Waals surface area contributed by atoms with Gasteiger partial charge in [-0.05, 0) is 30.3 Å². The number of fused-ring (bicyclic) bond motifs is 2. The fourth-order valence-corrected chi connectivity index (χ4v) is 5.55. The van der Waals surface area contributed by atoms with Crippen molar-refractivity contribution in [1.29, 1.82) is 0 Å². The molecule has 3 aromatic heterocycles. The number of pyridine rings is 1. The molecule has 1 aliphatic rings. The Bertz CT molecular complexity index is 1460. The third kappa shape index (κ3) is 3.44. The molecule has 1 aliphatic heterocycles. The lowest BCUT2D eigenvalue weighted by molar-refractivity contribution is 0.0949. The fraction of sp³-hybridized carbons (Fsp3) is 0.0500. The lowest BCUT2D eigenvalue weighted by Crippen LogP contribution is -2.22. The Hall–Kier alpha value is -3.90. The van der Waals surface area contributed by atoms with Crippen LogP contribution in [0.4, 0.5) is 5.69 Å². The molecule has 5 rings (SSSR count). The van der Waals surface area contributed by atoms with E-state index in [1.807, 2.05) is 0 Å². The van der Waals surface area contributed by atoms with E-state index in [2.05, 4.69) is 25.7 Å². The molecule has 0 unspecified atom stereocenters. The van der Waals surface area contributed by atoms with Gasteiger partial charge in [-0.25, -0.2) is 18.1 Å². The second kappa shape index (κ2) is 7.66. The summed E-state index contributed by atoms with van der Waals surface area (Å²) in [5, 5.41) is 10.1. The molecular weight excluding hydrogens is 452 g/mol. The molecule has 10 nitrogen and oxygen atoms in total. The normalized spacial score (nSPS) is 14.1. The Morgan fingerprint density at radius 3 is 2.84 bits per heavy atom. The maximum Gasteiger partial charge on any atom is 0.257 e. The minimum absolute atomic E-state index is 0.000355. The third-order valence-electron chi connectivity index (χ3n) is 4.76. The smallest absolute Gasteiger partial charge is 0.257 e. The number of aromatic nitrogens is 4. The summed E-state index contributed by atoms with van der Waals surface area (Å²) in [4.78, 5) is 33.8. The van der Waals surface area contributed by atoms with Crippen molar-refractivity contribution >= 4 is 38.7 Å². The summed E-state index contributed by atoms with van der Waals surface area (Å²) in [5.41, 5.74) is 0.248. The van der Waals surface area contributed by atoms with Gasteiger partial charge in [-0.3, -0.25) is 14.6 Å². The van der Waals surface area contributed by atoms with E-state index in [0.717, 1.165) is 11.1 Å². The number of sulfone groups is 1. The van der Waals surface area contributed by atoms with Crippen molar-refractivity contribution < 1.29 is 18.0 Å². The highest BCUT2D eigenvalue weighted by molar-refractivity contribution is 7.91. The van der Waals surface area contributed by atoms with Crippen LogP contribution >= 0.6 is 11.3 Å². The van der Waals surface area contributed by atoms with Crippen LogP contribution in [-0.4, -0.2) is 40.0 Å². The van der Waals surface area contributed by atoms with Gasteiger partial charge in [0.15, 0.2) is 0 Å². The summed E-state index contributed by atoms with van der Waals surface area (Å²) >= 11 is 1.38. The number of thiazole rings is 1. The van der Waals surface area contributed by atoms with E-state index in [0.29, 0.717) is 5.13 Å². The largest absolute Gasteiger partial charge is 0.347 e. The summed E-state index contributed by atoms with van der Waals surface area (Å²) in [6.07, 6.45) is 7.56. The third-order valence-corrected chi connectivity index (χ3v) is 7.59. The van der Waals surface area contributed by atoms with Crippen molar-refractivity contribution in [2.75, 3.05) is 5.32 Å². The topological polar surface area (TPSA) is 136 Å². The Balaban J connectivity index is 1.38. The summed E-state index contributed by atoms with van der Waals surface area (Å²) < 4.78 is 27.6. The molecule has 0 saturated carbocycles. The monoisotopic (exact) mass is 466 g/mol. The molecule has 4 heterocycles. The van der Waals surface area contributed by atoms with Gasteiger partial charge in [-0.1, -0.05) is 11.3 Å². The first-order valence-electron chi connectivity index (χ1n) is 9.31. The lowest BCUT2D eigenvalue weighted by Gasteiger charge is -2.10. The van der Waals surface area contributed by atoms with Crippen LogP contribution < -0.4 is 10.6 Å². The molecule has 12 heteroatoms. The highest BCUT2D eigenvalue weighted by atomic mass is 32.2. The summed E-state index contributed by atoms with van der Waals surface area (Å²) in [6.45, 7) is 0.233. The van der Waals surface area contributed by atoms with Gasteiger partial charge in [0.25, 0.3) is 11.8 Å². The molecule has 2 N–H and O–H groups in total. The second-order valence-corrected chi connectivity index (χ2v) is 9.76. The number of benzene rings is 1. The van der Waals surface area contributed by atoms with E-state index >= 15 is 0 Å². The van der Waals surface area contributed by atoms with Crippen LogP contribution in [-0.2, 0) is 16.4 Å². The van der Waals surface area contributed by atoms with Crippen LogP contribution in [0.1, 0.15) is 25.6 Å². The van der Waals surface area contributed by atoms with Crippen LogP contribution in [0, 0.1) is 0 Å². The van der Waals surface area contributed by atoms with Gasteiger partial charge in [0.1, 0.15) is 4.90 Å². The Morgan fingerprint density at radius 2 is 2.03 bits per heavy atom. The number of nitrogens with zero attached hydrogens (tertiary/aromatic N) is 4. The van der Waals surface area contributed by atoms with Gasteiger partial charge in [-0.2, -0.15) is 5.10 Å². The van der Waals surface area contributed by atoms with E-state index < -0.39 is 21.7 Å². The molecule has 0 saturated heterocycles. The van der Waals surface area contributed by atoms with Gasteiger partial charge in [0.05, 0.1) is 22.7 Å². The highest BCUT2D eigenvalue weighted by Gasteiger charge is 2.31. The molecule has 0 radical (unpaired) electrons. The zero-order chi connectivity index (χ0) is 22.3. The zero-order valence-corrected chi connectivity index (χ0v) is 17.9. The number of rotatable bonds is 4.